The van der Waals surface area contributed by atoms with E-state index in [1.54, 1.807) is 0 Å². The molecule has 1 N–H and O–H groups in total. The van der Waals surface area contributed by atoms with Gasteiger partial charge in [0.25, 0.3) is 0 Å². The van der Waals surface area contributed by atoms with Gasteiger partial charge in [0, 0.05) is 36.1 Å². The molecule has 1 saturated heterocycles. The molecule has 2 amide bonds. The Morgan fingerprint density at radius 2 is 1.66 bits per heavy atom. The molecule has 5 heteroatoms. The number of rotatable bonds is 5. The average Bonchev–Trinajstić information content (AvgIpc) is 2.83. The number of piperidine rings is 1. The van der Waals surface area contributed by atoms with Crippen molar-refractivity contribution in [2.24, 2.45) is 11.3 Å². The smallest absolute Gasteiger partial charge is 0.229 e. The number of nitrogens with zero attached hydrogens (tertiary/aromatic N) is 2. The molecule has 1 spiro atoms. The number of carbonyl (C=O) groups excluding carboxylic acids is 2. The van der Waals surface area contributed by atoms with Crippen molar-refractivity contribution in [2.45, 2.75) is 58.5 Å². The highest BCUT2D eigenvalue weighted by molar-refractivity contribution is 5.95. The number of likely N-dealkylation sites (tertiary alicyclic amines) is 1. The van der Waals surface area contributed by atoms with Gasteiger partial charge < -0.3 is 15.1 Å². The maximum absolute atomic E-state index is 13.3. The lowest BCUT2D eigenvalue weighted by Crippen LogP contribution is -2.52. The summed E-state index contributed by atoms with van der Waals surface area (Å²) in [6.07, 6.45) is 4.66. The molecule has 2 aliphatic heterocycles. The third-order valence-corrected chi connectivity index (χ3v) is 8.13. The van der Waals surface area contributed by atoms with E-state index in [0.29, 0.717) is 24.5 Å². The quantitative estimate of drug-likeness (QED) is 0.663. The number of amides is 2. The summed E-state index contributed by atoms with van der Waals surface area (Å²) in [5.41, 5.74) is 4.04. The zero-order chi connectivity index (χ0) is 24.4. The van der Waals surface area contributed by atoms with Gasteiger partial charge in [0.15, 0.2) is 0 Å². The van der Waals surface area contributed by atoms with Crippen molar-refractivity contribution in [1.29, 1.82) is 0 Å². The molecule has 1 saturated carbocycles. The van der Waals surface area contributed by atoms with Gasteiger partial charge in [-0.3, -0.25) is 9.59 Å². The zero-order valence-corrected chi connectivity index (χ0v) is 20.8. The van der Waals surface area contributed by atoms with Crippen LogP contribution in [0.2, 0.25) is 0 Å². The Hall–Kier alpha value is -3.10. The van der Waals surface area contributed by atoms with E-state index in [1.807, 2.05) is 53.4 Å². The first-order chi connectivity index (χ1) is 16.9. The number of para-hydroxylation sites is 1. The number of nitrogens with one attached hydrogen (secondary N) is 1. The second-order valence-corrected chi connectivity index (χ2v) is 10.7. The SMILES string of the molecule is CC(C)N1CCC2(CC1)CC(C(=O)NCCC(=O)N1Cc3ccccc3C#Cc3ccccc31)C2. The van der Waals surface area contributed by atoms with Gasteiger partial charge in [-0.1, -0.05) is 42.2 Å². The average molecular weight is 470 g/mol. The number of fused-ring (bicyclic) bond motifs is 2. The van der Waals surface area contributed by atoms with Gasteiger partial charge in [-0.25, -0.2) is 0 Å². The maximum atomic E-state index is 13.3. The van der Waals surface area contributed by atoms with Crippen molar-refractivity contribution in [2.75, 3.05) is 24.5 Å². The summed E-state index contributed by atoms with van der Waals surface area (Å²) in [5.74, 6) is 6.69. The van der Waals surface area contributed by atoms with Crippen molar-refractivity contribution in [1.82, 2.24) is 10.2 Å². The Kier molecular flexibility index (Phi) is 6.67. The minimum atomic E-state index is 0.00221. The van der Waals surface area contributed by atoms with E-state index in [9.17, 15) is 9.59 Å². The number of benzene rings is 2. The molecule has 182 valence electrons. The standard InChI is InChI=1S/C30H35N3O2/c1-22(2)32-17-14-30(15-18-32)19-26(20-30)29(35)31-16-13-28(34)33-21-25-9-4-3-7-23(25)11-12-24-8-5-6-10-27(24)33/h3-10,22,26H,13-21H2,1-2H3,(H,31,35). The highest BCUT2D eigenvalue weighted by Crippen LogP contribution is 2.52. The second-order valence-electron chi connectivity index (χ2n) is 10.7. The van der Waals surface area contributed by atoms with E-state index in [0.717, 1.165) is 48.3 Å². The lowest BCUT2D eigenvalue weighted by atomic mass is 9.57. The lowest BCUT2D eigenvalue weighted by molar-refractivity contribution is -0.135. The fraction of sp³-hybridized carbons (Fsp3) is 0.467. The van der Waals surface area contributed by atoms with Crippen LogP contribution in [0.15, 0.2) is 48.5 Å². The molecular formula is C30H35N3O2. The fourth-order valence-electron chi connectivity index (χ4n) is 5.87. The van der Waals surface area contributed by atoms with Gasteiger partial charge in [0.2, 0.25) is 11.8 Å². The number of carbonyl (C=O) groups is 2. The van der Waals surface area contributed by atoms with Crippen molar-refractivity contribution >= 4 is 17.5 Å². The monoisotopic (exact) mass is 469 g/mol. The van der Waals surface area contributed by atoms with E-state index in [4.69, 9.17) is 0 Å². The van der Waals surface area contributed by atoms with E-state index in [1.165, 1.54) is 12.8 Å². The second kappa shape index (κ2) is 9.87. The largest absolute Gasteiger partial charge is 0.355 e. The summed E-state index contributed by atoms with van der Waals surface area (Å²) in [4.78, 5) is 30.5. The first-order valence-electron chi connectivity index (χ1n) is 13.0. The predicted octanol–water partition coefficient (Wildman–Crippen LogP) is 4.34. The first kappa shape index (κ1) is 23.6. The minimum absolute atomic E-state index is 0.00221. The van der Waals surface area contributed by atoms with Gasteiger partial charge >= 0.3 is 0 Å². The summed E-state index contributed by atoms with van der Waals surface area (Å²) in [5, 5.41) is 3.05. The molecule has 35 heavy (non-hydrogen) atoms. The molecule has 5 rings (SSSR count). The van der Waals surface area contributed by atoms with Gasteiger partial charge in [0.1, 0.15) is 0 Å². The van der Waals surface area contributed by atoms with Crippen molar-refractivity contribution in [3.8, 4) is 11.8 Å². The van der Waals surface area contributed by atoms with Crippen LogP contribution in [0.1, 0.15) is 62.6 Å². The molecule has 2 aromatic rings. The molecule has 1 aliphatic carbocycles. The summed E-state index contributed by atoms with van der Waals surface area (Å²) in [6.45, 7) is 7.65. The van der Waals surface area contributed by atoms with Crippen LogP contribution < -0.4 is 10.2 Å². The van der Waals surface area contributed by atoms with Gasteiger partial charge in [0.05, 0.1) is 12.2 Å². The van der Waals surface area contributed by atoms with Gasteiger partial charge in [-0.2, -0.15) is 0 Å². The maximum Gasteiger partial charge on any atom is 0.229 e. The van der Waals surface area contributed by atoms with Crippen LogP contribution in [0.5, 0.6) is 0 Å². The number of hydrogen-bond acceptors (Lipinski definition) is 3. The van der Waals surface area contributed by atoms with E-state index in [2.05, 4.69) is 35.9 Å². The third kappa shape index (κ3) is 4.99. The van der Waals surface area contributed by atoms with Crippen LogP contribution in [0.3, 0.4) is 0 Å². The number of hydrogen-bond donors (Lipinski definition) is 1. The summed E-state index contributed by atoms with van der Waals surface area (Å²) in [7, 11) is 0. The molecule has 0 radical (unpaired) electrons. The molecule has 0 bridgehead atoms. The summed E-state index contributed by atoms with van der Waals surface area (Å²) >= 11 is 0. The van der Waals surface area contributed by atoms with Gasteiger partial charge in [-0.05, 0) is 81.8 Å². The van der Waals surface area contributed by atoms with Gasteiger partial charge in [-0.15, -0.1) is 0 Å². The summed E-state index contributed by atoms with van der Waals surface area (Å²) < 4.78 is 0. The van der Waals surface area contributed by atoms with Crippen LogP contribution in [0.25, 0.3) is 0 Å². The van der Waals surface area contributed by atoms with E-state index in [-0.39, 0.29) is 24.2 Å². The van der Waals surface area contributed by atoms with Crippen molar-refractivity contribution < 1.29 is 9.59 Å². The molecule has 0 unspecified atom stereocenters. The van der Waals surface area contributed by atoms with Crippen LogP contribution in [-0.2, 0) is 16.1 Å². The molecule has 5 nitrogen and oxygen atoms in total. The first-order valence-corrected chi connectivity index (χ1v) is 13.0. The topological polar surface area (TPSA) is 52.7 Å². The van der Waals surface area contributed by atoms with Crippen LogP contribution in [0, 0.1) is 23.2 Å². The lowest BCUT2D eigenvalue weighted by Gasteiger charge is -2.52. The molecular weight excluding hydrogens is 434 g/mol. The van der Waals surface area contributed by atoms with E-state index >= 15 is 0 Å². The van der Waals surface area contributed by atoms with E-state index < -0.39 is 0 Å². The predicted molar refractivity (Wildman–Crippen MR) is 139 cm³/mol. The van der Waals surface area contributed by atoms with Crippen molar-refractivity contribution in [3.63, 3.8) is 0 Å². The Balaban J connectivity index is 1.16. The highest BCUT2D eigenvalue weighted by Gasteiger charge is 2.48. The Bertz CT molecular complexity index is 1160. The third-order valence-electron chi connectivity index (χ3n) is 8.13. The molecule has 2 fully saturated rings. The van der Waals surface area contributed by atoms with Crippen LogP contribution in [-0.4, -0.2) is 42.4 Å². The molecule has 2 aromatic carbocycles. The van der Waals surface area contributed by atoms with Crippen molar-refractivity contribution in [3.05, 3.63) is 65.2 Å². The zero-order valence-electron chi connectivity index (χ0n) is 20.8. The molecule has 2 heterocycles. The van der Waals surface area contributed by atoms with Crippen LogP contribution in [0.4, 0.5) is 5.69 Å². The Labute approximate surface area is 208 Å². The Morgan fingerprint density at radius 3 is 2.40 bits per heavy atom. The number of anilines is 1. The molecule has 3 aliphatic rings. The normalized spacial score (nSPS) is 19.0. The highest BCUT2D eigenvalue weighted by atomic mass is 16.2. The molecule has 0 atom stereocenters. The fourth-order valence-corrected chi connectivity index (χ4v) is 5.87. The Morgan fingerprint density at radius 1 is 1.00 bits per heavy atom. The minimum Gasteiger partial charge on any atom is -0.355 e. The summed E-state index contributed by atoms with van der Waals surface area (Å²) in [6, 6.07) is 16.4. The molecule has 0 aromatic heterocycles. The van der Waals surface area contributed by atoms with Crippen LogP contribution >= 0.6 is 0 Å².